The Balaban J connectivity index is 2.48. The van der Waals surface area contributed by atoms with Crippen LogP contribution in [-0.2, 0) is 10.9 Å². The molecule has 0 saturated carbocycles. The van der Waals surface area contributed by atoms with Crippen LogP contribution in [0.3, 0.4) is 0 Å². The van der Waals surface area contributed by atoms with Crippen LogP contribution in [0.25, 0.3) is 0 Å². The number of anilines is 1. The van der Waals surface area contributed by atoms with Crippen LogP contribution < -0.4 is 5.32 Å². The van der Waals surface area contributed by atoms with Crippen molar-refractivity contribution < 1.29 is 23.0 Å². The highest BCUT2D eigenvalue weighted by Crippen LogP contribution is 2.31. The first kappa shape index (κ1) is 16.0. The Bertz CT molecular complexity index is 402. The Kier molecular flexibility index (Phi) is 6.33. The van der Waals surface area contributed by atoms with Gasteiger partial charge in [0, 0.05) is 13.2 Å². The van der Waals surface area contributed by atoms with E-state index in [0.717, 1.165) is 12.1 Å². The minimum atomic E-state index is -4.45. The number of alkyl halides is 3. The summed E-state index contributed by atoms with van der Waals surface area (Å²) in [6.45, 7) is 0.988. The topological polar surface area (TPSA) is 54.4 Å². The number of pyridine rings is 1. The molecule has 8 heteroatoms. The number of aromatic nitrogens is 1. The lowest BCUT2D eigenvalue weighted by atomic mass is 10.2. The van der Waals surface area contributed by atoms with E-state index in [2.05, 4.69) is 10.3 Å². The molecule has 4 nitrogen and oxygen atoms in total. The molecule has 0 aliphatic rings. The number of rotatable bonds is 7. The second-order valence-corrected chi connectivity index (χ2v) is 4.07. The van der Waals surface area contributed by atoms with E-state index in [4.69, 9.17) is 21.4 Å². The zero-order valence-electron chi connectivity index (χ0n) is 10.0. The Morgan fingerprint density at radius 2 is 2.05 bits per heavy atom. The third-order valence-electron chi connectivity index (χ3n) is 2.13. The lowest BCUT2D eigenvalue weighted by molar-refractivity contribution is -0.137. The Morgan fingerprint density at radius 3 is 2.68 bits per heavy atom. The number of ether oxygens (including phenoxy) is 1. The summed E-state index contributed by atoms with van der Waals surface area (Å²) < 4.78 is 42.6. The minimum Gasteiger partial charge on any atom is -0.394 e. The van der Waals surface area contributed by atoms with E-state index in [1.807, 2.05) is 0 Å². The van der Waals surface area contributed by atoms with Crippen LogP contribution in [0.15, 0.2) is 12.1 Å². The van der Waals surface area contributed by atoms with Gasteiger partial charge in [-0.1, -0.05) is 11.6 Å². The first-order valence-electron chi connectivity index (χ1n) is 5.60. The van der Waals surface area contributed by atoms with Crippen molar-refractivity contribution in [2.24, 2.45) is 0 Å². The average molecular weight is 299 g/mol. The molecule has 2 N–H and O–H groups in total. The molecule has 1 aromatic rings. The second-order valence-electron chi connectivity index (χ2n) is 3.68. The van der Waals surface area contributed by atoms with Gasteiger partial charge in [-0.15, -0.1) is 0 Å². The van der Waals surface area contributed by atoms with Gasteiger partial charge in [-0.3, -0.25) is 0 Å². The van der Waals surface area contributed by atoms with Gasteiger partial charge in [0.15, 0.2) is 0 Å². The largest absolute Gasteiger partial charge is 0.416 e. The number of nitrogens with one attached hydrogen (secondary N) is 1. The molecule has 0 spiro atoms. The number of aliphatic hydroxyl groups is 1. The maximum atomic E-state index is 12.5. The van der Waals surface area contributed by atoms with Crippen molar-refractivity contribution in [3.8, 4) is 0 Å². The Morgan fingerprint density at radius 1 is 1.32 bits per heavy atom. The van der Waals surface area contributed by atoms with Gasteiger partial charge in [0.25, 0.3) is 0 Å². The molecule has 1 aromatic heterocycles. The molecule has 19 heavy (non-hydrogen) atoms. The van der Waals surface area contributed by atoms with Gasteiger partial charge >= 0.3 is 6.18 Å². The van der Waals surface area contributed by atoms with E-state index in [1.165, 1.54) is 0 Å². The summed E-state index contributed by atoms with van der Waals surface area (Å²) in [6.07, 6.45) is -3.87. The van der Waals surface area contributed by atoms with Crippen LogP contribution in [-0.4, -0.2) is 36.5 Å². The highest BCUT2D eigenvalue weighted by molar-refractivity contribution is 6.29. The van der Waals surface area contributed by atoms with Crippen molar-refractivity contribution in [1.29, 1.82) is 0 Å². The zero-order chi connectivity index (χ0) is 14.3. The molecule has 0 unspecified atom stereocenters. The molecular formula is C11H14ClF3N2O2. The predicted octanol–water partition coefficient (Wildman–Crippen LogP) is 2.56. The van der Waals surface area contributed by atoms with E-state index in [9.17, 15) is 13.2 Å². The zero-order valence-corrected chi connectivity index (χ0v) is 10.8. The first-order chi connectivity index (χ1) is 8.93. The van der Waals surface area contributed by atoms with Crippen molar-refractivity contribution in [1.82, 2.24) is 4.98 Å². The van der Waals surface area contributed by atoms with Crippen LogP contribution in [0.1, 0.15) is 12.0 Å². The van der Waals surface area contributed by atoms with Crippen LogP contribution in [0, 0.1) is 0 Å². The summed E-state index contributed by atoms with van der Waals surface area (Å²) >= 11 is 5.53. The minimum absolute atomic E-state index is 0.0573. The van der Waals surface area contributed by atoms with Crippen molar-refractivity contribution in [2.45, 2.75) is 12.6 Å². The monoisotopic (exact) mass is 298 g/mol. The second kappa shape index (κ2) is 7.52. The number of hydrogen-bond donors (Lipinski definition) is 2. The van der Waals surface area contributed by atoms with Gasteiger partial charge in [-0.25, -0.2) is 4.98 Å². The van der Waals surface area contributed by atoms with Gasteiger partial charge in [0.05, 0.1) is 18.8 Å². The Labute approximate surface area is 113 Å². The number of aliphatic hydroxyl groups excluding tert-OH is 1. The predicted molar refractivity (Wildman–Crippen MR) is 65.3 cm³/mol. The molecule has 0 atom stereocenters. The fraction of sp³-hybridized carbons (Fsp3) is 0.545. The Hall–Kier alpha value is -1.05. The standard InChI is InChI=1S/C11H14ClF3N2O2/c12-9-6-8(11(13,14)15)7-10(17-9)16-2-1-4-19-5-3-18/h6-7,18H,1-5H2,(H,16,17). The fourth-order valence-corrected chi connectivity index (χ4v) is 1.52. The number of hydrogen-bond acceptors (Lipinski definition) is 4. The fourth-order valence-electron chi connectivity index (χ4n) is 1.31. The van der Waals surface area contributed by atoms with Crippen LogP contribution >= 0.6 is 11.6 Å². The van der Waals surface area contributed by atoms with Gasteiger partial charge in [0.2, 0.25) is 0 Å². The van der Waals surface area contributed by atoms with E-state index in [-0.39, 0.29) is 24.2 Å². The molecule has 0 fully saturated rings. The molecule has 0 radical (unpaired) electrons. The van der Waals surface area contributed by atoms with E-state index < -0.39 is 11.7 Å². The van der Waals surface area contributed by atoms with Crippen molar-refractivity contribution >= 4 is 17.4 Å². The molecule has 0 aromatic carbocycles. The molecule has 0 aliphatic carbocycles. The van der Waals surface area contributed by atoms with E-state index in [1.54, 1.807) is 0 Å². The first-order valence-corrected chi connectivity index (χ1v) is 5.98. The quantitative estimate of drug-likeness (QED) is 0.600. The normalized spacial score (nSPS) is 11.6. The summed E-state index contributed by atoms with van der Waals surface area (Å²) in [5.41, 5.74) is -0.841. The average Bonchev–Trinajstić information content (AvgIpc) is 2.32. The molecule has 0 amide bonds. The molecule has 0 bridgehead atoms. The molecular weight excluding hydrogens is 285 g/mol. The highest BCUT2D eigenvalue weighted by atomic mass is 35.5. The van der Waals surface area contributed by atoms with E-state index >= 15 is 0 Å². The summed E-state index contributed by atoms with van der Waals surface area (Å²) in [7, 11) is 0. The summed E-state index contributed by atoms with van der Waals surface area (Å²) in [4.78, 5) is 3.75. The van der Waals surface area contributed by atoms with Crippen LogP contribution in [0.4, 0.5) is 19.0 Å². The number of nitrogens with zero attached hydrogens (tertiary/aromatic N) is 1. The summed E-state index contributed by atoms with van der Waals surface area (Å²) in [6, 6.07) is 1.68. The maximum absolute atomic E-state index is 12.5. The van der Waals surface area contributed by atoms with Gasteiger partial charge in [-0.2, -0.15) is 13.2 Å². The summed E-state index contributed by atoms with van der Waals surface area (Å²) in [5, 5.41) is 11.0. The van der Waals surface area contributed by atoms with E-state index in [0.29, 0.717) is 19.6 Å². The molecule has 0 saturated heterocycles. The molecule has 108 valence electrons. The maximum Gasteiger partial charge on any atom is 0.416 e. The van der Waals surface area contributed by atoms with Crippen molar-refractivity contribution in [2.75, 3.05) is 31.7 Å². The lowest BCUT2D eigenvalue weighted by Crippen LogP contribution is -2.11. The van der Waals surface area contributed by atoms with Crippen molar-refractivity contribution in [3.63, 3.8) is 0 Å². The highest BCUT2D eigenvalue weighted by Gasteiger charge is 2.31. The molecule has 1 heterocycles. The molecule has 0 aliphatic heterocycles. The lowest BCUT2D eigenvalue weighted by Gasteiger charge is -2.10. The number of halogens is 4. The van der Waals surface area contributed by atoms with Gasteiger partial charge in [-0.05, 0) is 18.6 Å². The van der Waals surface area contributed by atoms with Crippen molar-refractivity contribution in [3.05, 3.63) is 22.8 Å². The molecule has 1 rings (SSSR count). The van der Waals surface area contributed by atoms with Crippen LogP contribution in [0.2, 0.25) is 5.15 Å². The summed E-state index contributed by atoms with van der Waals surface area (Å²) in [5.74, 6) is 0.0713. The third-order valence-corrected chi connectivity index (χ3v) is 2.32. The van der Waals surface area contributed by atoms with Gasteiger partial charge in [0.1, 0.15) is 11.0 Å². The SMILES string of the molecule is OCCOCCCNc1cc(C(F)(F)F)cc(Cl)n1. The van der Waals surface area contributed by atoms with Gasteiger partial charge < -0.3 is 15.2 Å². The smallest absolute Gasteiger partial charge is 0.394 e. The third kappa shape index (κ3) is 6.09. The van der Waals surface area contributed by atoms with Crippen LogP contribution in [0.5, 0.6) is 0 Å².